The van der Waals surface area contributed by atoms with Crippen LogP contribution in [0.25, 0.3) is 0 Å². The quantitative estimate of drug-likeness (QED) is 0.821. The molecule has 1 aromatic rings. The molecule has 1 aliphatic rings. The highest BCUT2D eigenvalue weighted by molar-refractivity contribution is 7.89. The maximum atomic E-state index is 12.2. The van der Waals surface area contributed by atoms with Crippen LogP contribution in [-0.2, 0) is 10.0 Å². The van der Waals surface area contributed by atoms with Crippen molar-refractivity contribution in [1.82, 2.24) is 4.72 Å². The SMILES string of the molecule is Cc1ccc(S(=O)(=O)NCC2(CCCl)CC2)cc1C. The number of halogens is 1. The number of alkyl halides is 1. The Morgan fingerprint density at radius 3 is 2.47 bits per heavy atom. The normalized spacial score (nSPS) is 17.4. The number of hydrogen-bond donors (Lipinski definition) is 1. The molecule has 0 radical (unpaired) electrons. The summed E-state index contributed by atoms with van der Waals surface area (Å²) in [5.74, 6) is 0.589. The van der Waals surface area contributed by atoms with Gasteiger partial charge in [-0.2, -0.15) is 0 Å². The van der Waals surface area contributed by atoms with E-state index in [9.17, 15) is 8.42 Å². The molecule has 0 amide bonds. The molecule has 19 heavy (non-hydrogen) atoms. The molecule has 3 nitrogen and oxygen atoms in total. The molecular formula is C14H20ClNO2S. The molecule has 2 rings (SSSR count). The van der Waals surface area contributed by atoms with E-state index in [0.29, 0.717) is 17.3 Å². The summed E-state index contributed by atoms with van der Waals surface area (Å²) in [7, 11) is -3.40. The molecule has 5 heteroatoms. The summed E-state index contributed by atoms with van der Waals surface area (Å²) in [5, 5.41) is 0. The van der Waals surface area contributed by atoms with Gasteiger partial charge in [-0.1, -0.05) is 6.07 Å². The van der Waals surface area contributed by atoms with Crippen LogP contribution >= 0.6 is 11.6 Å². The molecule has 0 spiro atoms. The van der Waals surface area contributed by atoms with Gasteiger partial charge in [0.1, 0.15) is 0 Å². The first-order valence-corrected chi connectivity index (χ1v) is 8.53. The van der Waals surface area contributed by atoms with Crippen molar-refractivity contribution in [3.8, 4) is 0 Å². The maximum absolute atomic E-state index is 12.2. The lowest BCUT2D eigenvalue weighted by atomic mass is 10.1. The Kier molecular flexibility index (Phi) is 4.23. The van der Waals surface area contributed by atoms with Crippen LogP contribution in [0.1, 0.15) is 30.4 Å². The molecule has 0 unspecified atom stereocenters. The van der Waals surface area contributed by atoms with Gasteiger partial charge in [0.05, 0.1) is 4.90 Å². The van der Waals surface area contributed by atoms with Gasteiger partial charge in [0, 0.05) is 12.4 Å². The molecule has 0 atom stereocenters. The first kappa shape index (κ1) is 14.8. The average Bonchev–Trinajstić information content (AvgIpc) is 3.11. The molecule has 0 aliphatic heterocycles. The summed E-state index contributed by atoms with van der Waals surface area (Å²) in [6.45, 7) is 4.39. The van der Waals surface area contributed by atoms with E-state index in [0.717, 1.165) is 30.4 Å². The lowest BCUT2D eigenvalue weighted by molar-refractivity contribution is 0.478. The van der Waals surface area contributed by atoms with E-state index in [1.807, 2.05) is 19.9 Å². The van der Waals surface area contributed by atoms with Crippen LogP contribution in [0.2, 0.25) is 0 Å². The highest BCUT2D eigenvalue weighted by atomic mass is 35.5. The van der Waals surface area contributed by atoms with Gasteiger partial charge in [-0.3, -0.25) is 0 Å². The topological polar surface area (TPSA) is 46.2 Å². The van der Waals surface area contributed by atoms with E-state index in [1.54, 1.807) is 12.1 Å². The average molecular weight is 302 g/mol. The highest BCUT2D eigenvalue weighted by Crippen LogP contribution is 2.48. The minimum atomic E-state index is -3.40. The second-order valence-corrected chi connectivity index (χ2v) is 7.65. The Bertz CT molecular complexity index is 565. The maximum Gasteiger partial charge on any atom is 0.240 e. The van der Waals surface area contributed by atoms with Crippen LogP contribution in [0.15, 0.2) is 23.1 Å². The standard InChI is InChI=1S/C14H20ClNO2S/c1-11-3-4-13(9-12(11)2)19(17,18)16-10-14(5-6-14)7-8-15/h3-4,9,16H,5-8,10H2,1-2H3. The Morgan fingerprint density at radius 2 is 1.95 bits per heavy atom. The first-order chi connectivity index (χ1) is 8.88. The lowest BCUT2D eigenvalue weighted by Crippen LogP contribution is -2.30. The molecule has 0 heterocycles. The van der Waals surface area contributed by atoms with Crippen LogP contribution in [0.5, 0.6) is 0 Å². The van der Waals surface area contributed by atoms with E-state index in [4.69, 9.17) is 11.6 Å². The van der Waals surface area contributed by atoms with Gasteiger partial charge >= 0.3 is 0 Å². The van der Waals surface area contributed by atoms with E-state index >= 15 is 0 Å². The summed E-state index contributed by atoms with van der Waals surface area (Å²) in [4.78, 5) is 0.345. The van der Waals surface area contributed by atoms with Crippen molar-refractivity contribution < 1.29 is 8.42 Å². The van der Waals surface area contributed by atoms with Crippen molar-refractivity contribution in [1.29, 1.82) is 0 Å². The van der Waals surface area contributed by atoms with E-state index in [2.05, 4.69) is 4.72 Å². The molecule has 1 aromatic carbocycles. The Hall–Kier alpha value is -0.580. The van der Waals surface area contributed by atoms with E-state index < -0.39 is 10.0 Å². The summed E-state index contributed by atoms with van der Waals surface area (Å²) in [5.41, 5.74) is 2.19. The molecule has 0 aromatic heterocycles. The Morgan fingerprint density at radius 1 is 1.26 bits per heavy atom. The number of rotatable bonds is 6. The highest BCUT2D eigenvalue weighted by Gasteiger charge is 2.42. The van der Waals surface area contributed by atoms with Crippen molar-refractivity contribution in [3.05, 3.63) is 29.3 Å². The zero-order chi connectivity index (χ0) is 14.1. The molecule has 1 saturated carbocycles. The Labute approximate surface area is 120 Å². The second kappa shape index (κ2) is 5.43. The van der Waals surface area contributed by atoms with Crippen LogP contribution in [-0.4, -0.2) is 20.8 Å². The smallest absolute Gasteiger partial charge is 0.211 e. The van der Waals surface area contributed by atoms with Gasteiger partial charge < -0.3 is 0 Å². The summed E-state index contributed by atoms with van der Waals surface area (Å²) < 4.78 is 27.2. The molecule has 1 fully saturated rings. The van der Waals surface area contributed by atoms with Crippen molar-refractivity contribution in [2.45, 2.75) is 38.0 Å². The molecule has 106 valence electrons. The third-order valence-electron chi connectivity index (χ3n) is 4.01. The summed E-state index contributed by atoms with van der Waals surface area (Å²) in [6, 6.07) is 5.22. The fraction of sp³-hybridized carbons (Fsp3) is 0.571. The van der Waals surface area contributed by atoms with E-state index in [-0.39, 0.29) is 5.41 Å². The number of nitrogens with one attached hydrogen (secondary N) is 1. The zero-order valence-electron chi connectivity index (χ0n) is 11.4. The van der Waals surface area contributed by atoms with E-state index in [1.165, 1.54) is 0 Å². The van der Waals surface area contributed by atoms with Gasteiger partial charge in [-0.25, -0.2) is 13.1 Å². The molecule has 0 saturated heterocycles. The predicted molar refractivity (Wildman–Crippen MR) is 78.1 cm³/mol. The number of aryl methyl sites for hydroxylation is 2. The monoisotopic (exact) mass is 301 g/mol. The largest absolute Gasteiger partial charge is 0.240 e. The second-order valence-electron chi connectivity index (χ2n) is 5.51. The van der Waals surface area contributed by atoms with Crippen molar-refractivity contribution in [3.63, 3.8) is 0 Å². The number of sulfonamides is 1. The lowest BCUT2D eigenvalue weighted by Gasteiger charge is -2.15. The minimum Gasteiger partial charge on any atom is -0.211 e. The van der Waals surface area contributed by atoms with Crippen LogP contribution in [0, 0.1) is 19.3 Å². The molecular weight excluding hydrogens is 282 g/mol. The molecule has 1 N–H and O–H groups in total. The van der Waals surface area contributed by atoms with Gasteiger partial charge in [-0.15, -0.1) is 11.6 Å². The van der Waals surface area contributed by atoms with Crippen molar-refractivity contribution in [2.75, 3.05) is 12.4 Å². The van der Waals surface area contributed by atoms with Gasteiger partial charge in [0.15, 0.2) is 0 Å². The van der Waals surface area contributed by atoms with Crippen molar-refractivity contribution in [2.24, 2.45) is 5.41 Å². The predicted octanol–water partition coefficient (Wildman–Crippen LogP) is 2.99. The van der Waals surface area contributed by atoms with Gasteiger partial charge in [0.2, 0.25) is 10.0 Å². The minimum absolute atomic E-state index is 0.106. The fourth-order valence-corrected chi connectivity index (χ4v) is 3.75. The van der Waals surface area contributed by atoms with Crippen LogP contribution in [0.4, 0.5) is 0 Å². The third-order valence-corrected chi connectivity index (χ3v) is 5.60. The van der Waals surface area contributed by atoms with Gasteiger partial charge in [0.25, 0.3) is 0 Å². The fourth-order valence-electron chi connectivity index (χ4n) is 2.10. The molecule has 0 bridgehead atoms. The summed E-state index contributed by atoms with van der Waals surface area (Å²) in [6.07, 6.45) is 3.01. The first-order valence-electron chi connectivity index (χ1n) is 6.51. The third kappa shape index (κ3) is 3.50. The number of benzene rings is 1. The molecule has 1 aliphatic carbocycles. The van der Waals surface area contributed by atoms with Crippen molar-refractivity contribution >= 4 is 21.6 Å². The Balaban J connectivity index is 2.08. The van der Waals surface area contributed by atoms with Crippen LogP contribution < -0.4 is 4.72 Å². The zero-order valence-corrected chi connectivity index (χ0v) is 12.9. The summed E-state index contributed by atoms with van der Waals surface area (Å²) >= 11 is 5.75. The van der Waals surface area contributed by atoms with Crippen LogP contribution in [0.3, 0.4) is 0 Å². The number of hydrogen-bond acceptors (Lipinski definition) is 2. The van der Waals surface area contributed by atoms with Gasteiger partial charge in [-0.05, 0) is 61.8 Å².